The molecule has 0 unspecified atom stereocenters. The maximum atomic E-state index is 13.0. The van der Waals surface area contributed by atoms with Gasteiger partial charge in [-0.05, 0) is 57.4 Å². The van der Waals surface area contributed by atoms with Gasteiger partial charge in [0.05, 0.1) is 0 Å². The smallest absolute Gasteiger partial charge is 0.368 e. The van der Waals surface area contributed by atoms with E-state index in [1.54, 1.807) is 0 Å². The van der Waals surface area contributed by atoms with Crippen molar-refractivity contribution in [1.82, 2.24) is 24.9 Å². The van der Waals surface area contributed by atoms with Crippen LogP contribution in [0.25, 0.3) is 11.6 Å². The number of nitrogens with zero attached hydrogens (tertiary/aromatic N) is 6. The largest absolute Gasteiger partial charge is 0.433 e. The summed E-state index contributed by atoms with van der Waals surface area (Å²) in [7, 11) is 0. The number of hydrogen-bond donors (Lipinski definition) is 1. The van der Waals surface area contributed by atoms with Crippen molar-refractivity contribution in [3.8, 4) is 11.6 Å². The summed E-state index contributed by atoms with van der Waals surface area (Å²) in [6.07, 6.45) is 1.07. The highest BCUT2D eigenvalue weighted by molar-refractivity contribution is 5.50. The Hall–Kier alpha value is -2.52. The second-order valence-corrected chi connectivity index (χ2v) is 7.64. The van der Waals surface area contributed by atoms with Crippen LogP contribution in [0, 0.1) is 11.8 Å². The number of hydrogen-bond acceptors (Lipinski definition) is 7. The molecule has 0 bridgehead atoms. The normalized spacial score (nSPS) is 19.3. The number of aromatic nitrogens is 5. The number of anilines is 2. The molecule has 2 aromatic heterocycles. The highest BCUT2D eigenvalue weighted by Crippen LogP contribution is 2.42. The van der Waals surface area contributed by atoms with Gasteiger partial charge in [-0.25, -0.2) is 9.97 Å². The summed E-state index contributed by atoms with van der Waals surface area (Å²) >= 11 is 0. The minimum atomic E-state index is -4.58. The summed E-state index contributed by atoms with van der Waals surface area (Å²) in [5.74, 6) is 1.17. The van der Waals surface area contributed by atoms with E-state index in [0.717, 1.165) is 37.9 Å². The van der Waals surface area contributed by atoms with E-state index in [0.29, 0.717) is 17.8 Å². The Labute approximate surface area is 160 Å². The zero-order chi connectivity index (χ0) is 20.1. The lowest BCUT2D eigenvalue weighted by Gasteiger charge is -2.35. The van der Waals surface area contributed by atoms with Crippen molar-refractivity contribution in [2.24, 2.45) is 11.8 Å². The quantitative estimate of drug-likeness (QED) is 0.804. The number of nitrogens with two attached hydrogens (primary N) is 1. The summed E-state index contributed by atoms with van der Waals surface area (Å²) in [5.41, 5.74) is 4.83. The molecule has 2 atom stereocenters. The van der Waals surface area contributed by atoms with E-state index in [4.69, 9.17) is 5.73 Å². The van der Waals surface area contributed by atoms with Crippen molar-refractivity contribution in [1.29, 1.82) is 0 Å². The number of alkyl halides is 3. The van der Waals surface area contributed by atoms with Crippen LogP contribution in [0.3, 0.4) is 0 Å². The van der Waals surface area contributed by atoms with Gasteiger partial charge in [-0.15, -0.1) is 0 Å². The highest BCUT2D eigenvalue weighted by atomic mass is 19.4. The van der Waals surface area contributed by atoms with Crippen molar-refractivity contribution in [3.05, 3.63) is 18.0 Å². The fourth-order valence-electron chi connectivity index (χ4n) is 3.57. The molecule has 0 spiro atoms. The monoisotopic (exact) mass is 393 g/mol. The molecule has 0 amide bonds. The van der Waals surface area contributed by atoms with E-state index in [1.807, 2.05) is 0 Å². The number of nitrogen functional groups attached to an aromatic ring is 1. The Morgan fingerprint density at radius 2 is 1.57 bits per heavy atom. The molecule has 0 radical (unpaired) electrons. The molecule has 4 rings (SSSR count). The van der Waals surface area contributed by atoms with Gasteiger partial charge in [0.1, 0.15) is 5.69 Å². The third-order valence-corrected chi connectivity index (χ3v) is 5.50. The molecule has 2 aromatic rings. The summed E-state index contributed by atoms with van der Waals surface area (Å²) in [4.78, 5) is 22.3. The Kier molecular flexibility index (Phi) is 4.59. The first kappa shape index (κ1) is 18.8. The fourth-order valence-corrected chi connectivity index (χ4v) is 3.57. The van der Waals surface area contributed by atoms with Crippen LogP contribution < -0.4 is 10.6 Å². The van der Waals surface area contributed by atoms with Gasteiger partial charge in [0.25, 0.3) is 0 Å². The Morgan fingerprint density at radius 1 is 0.964 bits per heavy atom. The molecular formula is C18H22F3N7. The molecule has 2 aliphatic rings. The summed E-state index contributed by atoms with van der Waals surface area (Å²) < 4.78 is 39.0. The summed E-state index contributed by atoms with van der Waals surface area (Å²) in [6.45, 7) is 4.27. The summed E-state index contributed by atoms with van der Waals surface area (Å²) in [6, 6.07) is 1.24. The molecule has 10 heteroatoms. The first-order valence-corrected chi connectivity index (χ1v) is 9.44. The van der Waals surface area contributed by atoms with Gasteiger partial charge in [0, 0.05) is 18.3 Å². The van der Waals surface area contributed by atoms with Gasteiger partial charge in [-0.3, -0.25) is 0 Å². The molecule has 150 valence electrons. The maximum Gasteiger partial charge on any atom is 0.433 e. The van der Waals surface area contributed by atoms with Crippen LogP contribution in [0.4, 0.5) is 25.1 Å². The van der Waals surface area contributed by atoms with Crippen molar-refractivity contribution in [2.75, 3.05) is 10.6 Å². The maximum absolute atomic E-state index is 13.0. The van der Waals surface area contributed by atoms with Gasteiger partial charge >= 0.3 is 6.18 Å². The van der Waals surface area contributed by atoms with Crippen molar-refractivity contribution >= 4 is 11.9 Å². The van der Waals surface area contributed by atoms with Crippen molar-refractivity contribution in [2.45, 2.75) is 57.8 Å². The standard InChI is InChI=1S/C18H22F3N7/c1-9(11-3-4-11)28(10(2)12-5-6-12)17-26-15(25-16(22)27-17)14-23-8-7-13(24-14)18(19,20)21/h7-12H,3-6H2,1-2H3,(H2,22,25,26,27)/t9-,10-/m1/s1. The van der Waals surface area contributed by atoms with Gasteiger partial charge in [0.15, 0.2) is 5.82 Å². The topological polar surface area (TPSA) is 93.7 Å². The second-order valence-electron chi connectivity index (χ2n) is 7.64. The van der Waals surface area contributed by atoms with Crippen molar-refractivity contribution in [3.63, 3.8) is 0 Å². The zero-order valence-corrected chi connectivity index (χ0v) is 15.7. The molecule has 2 heterocycles. The van der Waals surface area contributed by atoms with E-state index >= 15 is 0 Å². The van der Waals surface area contributed by atoms with Crippen molar-refractivity contribution < 1.29 is 13.2 Å². The van der Waals surface area contributed by atoms with Crippen LogP contribution in [0.15, 0.2) is 12.3 Å². The predicted octanol–water partition coefficient (Wildman–Crippen LogP) is 3.33. The molecule has 0 saturated heterocycles. The fraction of sp³-hybridized carbons (Fsp3) is 0.611. The van der Waals surface area contributed by atoms with Crippen LogP contribution in [-0.2, 0) is 6.18 Å². The summed E-state index contributed by atoms with van der Waals surface area (Å²) in [5, 5.41) is 0. The van der Waals surface area contributed by atoms with E-state index in [2.05, 4.69) is 43.7 Å². The van der Waals surface area contributed by atoms with E-state index in [1.165, 1.54) is 0 Å². The van der Waals surface area contributed by atoms with Gasteiger partial charge < -0.3 is 10.6 Å². The Bertz CT molecular complexity index is 846. The lowest BCUT2D eigenvalue weighted by molar-refractivity contribution is -0.141. The first-order valence-electron chi connectivity index (χ1n) is 9.44. The molecule has 2 N–H and O–H groups in total. The average Bonchev–Trinajstić information content (AvgIpc) is 3.54. The second kappa shape index (κ2) is 6.82. The van der Waals surface area contributed by atoms with Gasteiger partial charge in [-0.1, -0.05) is 0 Å². The first-order chi connectivity index (χ1) is 13.2. The zero-order valence-electron chi connectivity index (χ0n) is 15.7. The molecule has 2 saturated carbocycles. The van der Waals surface area contributed by atoms with Crippen LogP contribution in [-0.4, -0.2) is 37.0 Å². The lowest BCUT2D eigenvalue weighted by Crippen LogP contribution is -2.44. The van der Waals surface area contributed by atoms with E-state index < -0.39 is 11.9 Å². The molecule has 28 heavy (non-hydrogen) atoms. The SMILES string of the molecule is C[C@H](C1CC1)N(c1nc(N)nc(-c2nccc(C(F)(F)F)n2)n1)[C@H](C)C1CC1. The third kappa shape index (κ3) is 3.85. The number of rotatable bonds is 6. The third-order valence-electron chi connectivity index (χ3n) is 5.50. The molecule has 7 nitrogen and oxygen atoms in total. The molecule has 2 aliphatic carbocycles. The molecule has 0 aromatic carbocycles. The minimum Gasteiger partial charge on any atom is -0.368 e. The van der Waals surface area contributed by atoms with Crippen LogP contribution in [0.5, 0.6) is 0 Å². The average molecular weight is 393 g/mol. The van der Waals surface area contributed by atoms with Crippen LogP contribution in [0.1, 0.15) is 45.2 Å². The molecular weight excluding hydrogens is 371 g/mol. The lowest BCUT2D eigenvalue weighted by atomic mass is 10.1. The van der Waals surface area contributed by atoms with Crippen LogP contribution in [0.2, 0.25) is 0 Å². The minimum absolute atomic E-state index is 0.0513. The Balaban J connectivity index is 1.73. The van der Waals surface area contributed by atoms with Crippen LogP contribution >= 0.6 is 0 Å². The van der Waals surface area contributed by atoms with Gasteiger partial charge in [0.2, 0.25) is 17.7 Å². The highest BCUT2D eigenvalue weighted by Gasteiger charge is 2.41. The van der Waals surface area contributed by atoms with E-state index in [9.17, 15) is 13.2 Å². The number of halogens is 3. The molecule has 2 fully saturated rings. The van der Waals surface area contributed by atoms with E-state index in [-0.39, 0.29) is 29.7 Å². The predicted molar refractivity (Wildman–Crippen MR) is 97.1 cm³/mol. The van der Waals surface area contributed by atoms with Gasteiger partial charge in [-0.2, -0.15) is 28.1 Å². The molecule has 0 aliphatic heterocycles. The Morgan fingerprint density at radius 3 is 2.11 bits per heavy atom.